The van der Waals surface area contributed by atoms with Gasteiger partial charge < -0.3 is 5.73 Å². The molecule has 1 heteroatoms. The molecule has 158 valence electrons. The van der Waals surface area contributed by atoms with E-state index in [9.17, 15) is 0 Å². The molecule has 0 aromatic rings. The highest BCUT2D eigenvalue weighted by Gasteiger charge is 2.06. The Morgan fingerprint density at radius 1 is 0.462 bits per heavy atom. The van der Waals surface area contributed by atoms with Crippen LogP contribution in [0.3, 0.4) is 0 Å². The van der Waals surface area contributed by atoms with Crippen LogP contribution in [-0.2, 0) is 0 Å². The maximum absolute atomic E-state index is 6.09. The highest BCUT2D eigenvalue weighted by molar-refractivity contribution is 4.64. The van der Waals surface area contributed by atoms with Crippen LogP contribution in [-0.4, -0.2) is 6.04 Å². The molecule has 26 heavy (non-hydrogen) atoms. The van der Waals surface area contributed by atoms with E-state index in [-0.39, 0.29) is 0 Å². The van der Waals surface area contributed by atoms with Crippen molar-refractivity contribution in [2.24, 2.45) is 11.7 Å². The van der Waals surface area contributed by atoms with E-state index >= 15 is 0 Å². The minimum absolute atomic E-state index is 0.417. The fourth-order valence-electron chi connectivity index (χ4n) is 3.79. The van der Waals surface area contributed by atoms with Gasteiger partial charge in [-0.3, -0.25) is 0 Å². The van der Waals surface area contributed by atoms with Gasteiger partial charge in [-0.25, -0.2) is 0 Å². The number of nitrogens with two attached hydrogens (primary N) is 1. The van der Waals surface area contributed by atoms with Crippen LogP contribution in [0, 0.1) is 5.92 Å². The summed E-state index contributed by atoms with van der Waals surface area (Å²) < 4.78 is 0. The maximum Gasteiger partial charge on any atom is 0.00618 e. The zero-order chi connectivity index (χ0) is 19.3. The molecular formula is C25H53N. The summed E-state index contributed by atoms with van der Waals surface area (Å²) in [7, 11) is 0. The molecule has 0 aromatic heterocycles. The molecule has 2 N–H and O–H groups in total. The molecule has 0 radical (unpaired) electrons. The molecule has 0 saturated carbocycles. The SMILES string of the molecule is CCCCCCCCCCCCCCCCCCCCCC(N)C(C)C. The summed E-state index contributed by atoms with van der Waals surface area (Å²) in [6, 6.07) is 0.417. The average Bonchev–Trinajstić information content (AvgIpc) is 2.63. The molecule has 0 spiro atoms. The van der Waals surface area contributed by atoms with Gasteiger partial charge in [-0.05, 0) is 12.3 Å². The van der Waals surface area contributed by atoms with E-state index in [0.29, 0.717) is 12.0 Å². The Hall–Kier alpha value is -0.0400. The monoisotopic (exact) mass is 367 g/mol. The summed E-state index contributed by atoms with van der Waals surface area (Å²) in [5.41, 5.74) is 6.09. The molecule has 0 aliphatic carbocycles. The van der Waals surface area contributed by atoms with Crippen molar-refractivity contribution in [1.82, 2.24) is 0 Å². The lowest BCUT2D eigenvalue weighted by Crippen LogP contribution is -2.25. The van der Waals surface area contributed by atoms with Crippen LogP contribution >= 0.6 is 0 Å². The van der Waals surface area contributed by atoms with Gasteiger partial charge in [-0.1, -0.05) is 143 Å². The Morgan fingerprint density at radius 3 is 1.00 bits per heavy atom. The number of unbranched alkanes of at least 4 members (excludes halogenated alkanes) is 18. The molecule has 1 nitrogen and oxygen atoms in total. The van der Waals surface area contributed by atoms with Gasteiger partial charge in [0.1, 0.15) is 0 Å². The van der Waals surface area contributed by atoms with Crippen LogP contribution in [0.5, 0.6) is 0 Å². The topological polar surface area (TPSA) is 26.0 Å². The molecule has 1 atom stereocenters. The minimum atomic E-state index is 0.417. The van der Waals surface area contributed by atoms with E-state index < -0.39 is 0 Å². The van der Waals surface area contributed by atoms with Crippen LogP contribution in [0.4, 0.5) is 0 Å². The third kappa shape index (κ3) is 20.3. The third-order valence-electron chi connectivity index (χ3n) is 6.00. The van der Waals surface area contributed by atoms with Crippen molar-refractivity contribution in [2.75, 3.05) is 0 Å². The van der Waals surface area contributed by atoms with Crippen LogP contribution in [0.25, 0.3) is 0 Å². The largest absolute Gasteiger partial charge is 0.327 e. The smallest absolute Gasteiger partial charge is 0.00618 e. The molecule has 1 unspecified atom stereocenters. The van der Waals surface area contributed by atoms with Crippen molar-refractivity contribution in [3.05, 3.63) is 0 Å². The Kier molecular flexibility index (Phi) is 21.2. The molecule has 0 aliphatic heterocycles. The molecule has 0 rings (SSSR count). The van der Waals surface area contributed by atoms with Crippen molar-refractivity contribution in [3.63, 3.8) is 0 Å². The first-order valence-electron chi connectivity index (χ1n) is 12.4. The third-order valence-corrected chi connectivity index (χ3v) is 6.00. The van der Waals surface area contributed by atoms with Crippen molar-refractivity contribution in [3.8, 4) is 0 Å². The summed E-state index contributed by atoms with van der Waals surface area (Å²) in [6.07, 6.45) is 28.7. The van der Waals surface area contributed by atoms with Crippen molar-refractivity contribution < 1.29 is 0 Å². The van der Waals surface area contributed by atoms with E-state index in [4.69, 9.17) is 5.73 Å². The van der Waals surface area contributed by atoms with Gasteiger partial charge in [-0.15, -0.1) is 0 Å². The molecule has 0 saturated heterocycles. The van der Waals surface area contributed by atoms with Gasteiger partial charge >= 0.3 is 0 Å². The number of hydrogen-bond donors (Lipinski definition) is 1. The van der Waals surface area contributed by atoms with E-state index in [1.54, 1.807) is 0 Å². The minimum Gasteiger partial charge on any atom is -0.327 e. The number of rotatable bonds is 21. The first-order valence-corrected chi connectivity index (χ1v) is 12.4. The van der Waals surface area contributed by atoms with Gasteiger partial charge in [0.15, 0.2) is 0 Å². The quantitative estimate of drug-likeness (QED) is 0.201. The van der Waals surface area contributed by atoms with Crippen molar-refractivity contribution >= 4 is 0 Å². The molecule has 0 heterocycles. The Balaban J connectivity index is 3.03. The molecule has 0 aromatic carbocycles. The fourth-order valence-corrected chi connectivity index (χ4v) is 3.79. The Labute approximate surface area is 167 Å². The molecule has 0 aliphatic rings. The predicted octanol–water partition coefficient (Wildman–Crippen LogP) is 8.79. The lowest BCUT2D eigenvalue weighted by Gasteiger charge is -2.14. The summed E-state index contributed by atoms with van der Waals surface area (Å²) in [5.74, 6) is 0.644. The maximum atomic E-state index is 6.09. The first kappa shape index (κ1) is 26.0. The second-order valence-corrected chi connectivity index (χ2v) is 9.06. The predicted molar refractivity (Wildman–Crippen MR) is 121 cm³/mol. The van der Waals surface area contributed by atoms with E-state index in [1.165, 1.54) is 128 Å². The van der Waals surface area contributed by atoms with Crippen LogP contribution < -0.4 is 5.73 Å². The summed E-state index contributed by atoms with van der Waals surface area (Å²) in [5, 5.41) is 0. The molecular weight excluding hydrogens is 314 g/mol. The van der Waals surface area contributed by atoms with Gasteiger partial charge in [-0.2, -0.15) is 0 Å². The summed E-state index contributed by atoms with van der Waals surface area (Å²) in [6.45, 7) is 6.77. The summed E-state index contributed by atoms with van der Waals surface area (Å²) in [4.78, 5) is 0. The van der Waals surface area contributed by atoms with Gasteiger partial charge in [0, 0.05) is 6.04 Å². The lowest BCUT2D eigenvalue weighted by molar-refractivity contribution is 0.438. The van der Waals surface area contributed by atoms with Gasteiger partial charge in [0.2, 0.25) is 0 Å². The zero-order valence-electron chi connectivity index (χ0n) is 18.9. The van der Waals surface area contributed by atoms with Crippen LogP contribution in [0.15, 0.2) is 0 Å². The van der Waals surface area contributed by atoms with Crippen molar-refractivity contribution in [1.29, 1.82) is 0 Å². The Morgan fingerprint density at radius 2 is 0.731 bits per heavy atom. The highest BCUT2D eigenvalue weighted by atomic mass is 14.6. The fraction of sp³-hybridized carbons (Fsp3) is 1.00. The van der Waals surface area contributed by atoms with E-state index in [1.807, 2.05) is 0 Å². The Bertz CT molecular complexity index is 249. The lowest BCUT2D eigenvalue weighted by atomic mass is 9.98. The normalized spacial score (nSPS) is 12.8. The van der Waals surface area contributed by atoms with E-state index in [0.717, 1.165) is 0 Å². The van der Waals surface area contributed by atoms with E-state index in [2.05, 4.69) is 20.8 Å². The second-order valence-electron chi connectivity index (χ2n) is 9.06. The van der Waals surface area contributed by atoms with Crippen LogP contribution in [0.1, 0.15) is 149 Å². The van der Waals surface area contributed by atoms with Crippen molar-refractivity contribution in [2.45, 2.75) is 155 Å². The standard InChI is InChI=1S/C25H53N/c1-4-5-6-7-8-9-10-11-12-13-14-15-16-17-18-19-20-21-22-23-25(26)24(2)3/h24-25H,4-23,26H2,1-3H3. The van der Waals surface area contributed by atoms with Gasteiger partial charge in [0.25, 0.3) is 0 Å². The summed E-state index contributed by atoms with van der Waals surface area (Å²) >= 11 is 0. The first-order chi connectivity index (χ1) is 12.7. The molecule has 0 fully saturated rings. The molecule has 0 bridgehead atoms. The highest BCUT2D eigenvalue weighted by Crippen LogP contribution is 2.15. The van der Waals surface area contributed by atoms with Crippen LogP contribution in [0.2, 0.25) is 0 Å². The average molecular weight is 368 g/mol. The molecule has 0 amide bonds. The number of hydrogen-bond acceptors (Lipinski definition) is 1. The van der Waals surface area contributed by atoms with Gasteiger partial charge in [0.05, 0.1) is 0 Å². The second kappa shape index (κ2) is 21.3. The zero-order valence-corrected chi connectivity index (χ0v) is 18.9.